The number of carbonyl (C=O) groups is 2. The fourth-order valence-electron chi connectivity index (χ4n) is 3.53. The van der Waals surface area contributed by atoms with E-state index in [0.717, 1.165) is 6.42 Å². The molecule has 0 amide bonds. The number of benzene rings is 2. The Morgan fingerprint density at radius 2 is 1.55 bits per heavy atom. The highest BCUT2D eigenvalue weighted by Gasteiger charge is 2.24. The van der Waals surface area contributed by atoms with Crippen LogP contribution in [0.15, 0.2) is 24.3 Å². The van der Waals surface area contributed by atoms with Crippen molar-refractivity contribution in [3.63, 3.8) is 0 Å². The van der Waals surface area contributed by atoms with Crippen LogP contribution in [0.2, 0.25) is 0 Å². The Kier molecular flexibility index (Phi) is 9.39. The number of hydrogen-bond donors (Lipinski definition) is 2. The van der Waals surface area contributed by atoms with Crippen molar-refractivity contribution in [2.75, 3.05) is 27.9 Å². The summed E-state index contributed by atoms with van der Waals surface area (Å²) < 4.78 is 21.8. The smallest absolute Gasteiger partial charge is 0.341 e. The van der Waals surface area contributed by atoms with Gasteiger partial charge in [0.2, 0.25) is 0 Å². The predicted octanol–water partition coefficient (Wildman–Crippen LogP) is 3.82. The number of phenolic OH excluding ortho intramolecular Hbond substituents is 1. The number of rotatable bonds is 13. The molecule has 2 N–H and O–H groups in total. The number of phenols is 1. The van der Waals surface area contributed by atoms with Crippen molar-refractivity contribution in [2.24, 2.45) is 5.92 Å². The molecule has 0 radical (unpaired) electrons. The topological polar surface area (TPSA) is 112 Å². The van der Waals surface area contributed by atoms with Crippen molar-refractivity contribution in [1.29, 1.82) is 0 Å². The van der Waals surface area contributed by atoms with Gasteiger partial charge in [0.1, 0.15) is 23.0 Å². The Morgan fingerprint density at radius 1 is 0.909 bits per heavy atom. The fourth-order valence-corrected chi connectivity index (χ4v) is 3.53. The molecule has 2 aromatic rings. The molecule has 0 spiro atoms. The van der Waals surface area contributed by atoms with Gasteiger partial charge in [-0.3, -0.25) is 4.79 Å². The summed E-state index contributed by atoms with van der Waals surface area (Å²) in [5.74, 6) is 0.629. The zero-order valence-corrected chi connectivity index (χ0v) is 19.8. The molecule has 0 heterocycles. The van der Waals surface area contributed by atoms with Crippen LogP contribution in [0.25, 0.3) is 0 Å². The molecular weight excluding hydrogens is 428 g/mol. The predicted molar refractivity (Wildman–Crippen MR) is 123 cm³/mol. The summed E-state index contributed by atoms with van der Waals surface area (Å²) in [5, 5.41) is 19.0. The Hall–Kier alpha value is -3.42. The van der Waals surface area contributed by atoms with E-state index < -0.39 is 12.6 Å². The van der Waals surface area contributed by atoms with E-state index in [-0.39, 0.29) is 30.1 Å². The average molecular weight is 461 g/mol. The molecule has 2 rings (SSSR count). The Morgan fingerprint density at radius 3 is 2.12 bits per heavy atom. The third kappa shape index (κ3) is 7.03. The van der Waals surface area contributed by atoms with E-state index >= 15 is 0 Å². The Balaban J connectivity index is 2.45. The lowest BCUT2D eigenvalue weighted by molar-refractivity contribution is -0.139. The van der Waals surface area contributed by atoms with Gasteiger partial charge in [-0.2, -0.15) is 0 Å². The minimum Gasteiger partial charge on any atom is -0.504 e. The largest absolute Gasteiger partial charge is 0.504 e. The zero-order valence-electron chi connectivity index (χ0n) is 19.8. The standard InChI is InChI=1S/C25H32O8/c1-15(2)6-8-18-21(30-3)13-22(31-4)19(25(18)33-14-24(28)29)12-17(26)10-16-7-9-20(27)23(11-16)32-5/h7,9,11,13,15,27H,6,8,10,12,14H2,1-5H3,(H,28,29). The number of carboxylic acid groups (broad SMARTS) is 1. The number of Topliss-reactive ketones (excluding diaryl/α,β-unsaturated/α-hetero) is 1. The fraction of sp³-hybridized carbons (Fsp3) is 0.440. The van der Waals surface area contributed by atoms with Crippen LogP contribution in [0.1, 0.15) is 37.0 Å². The maximum absolute atomic E-state index is 13.0. The molecule has 0 aliphatic carbocycles. The number of aliphatic carboxylic acids is 1. The zero-order chi connectivity index (χ0) is 24.5. The number of ether oxygens (including phenoxy) is 4. The van der Waals surface area contributed by atoms with Crippen LogP contribution in [0.3, 0.4) is 0 Å². The molecule has 180 valence electrons. The first kappa shape index (κ1) is 25.8. The molecule has 0 aliphatic rings. The molecule has 0 unspecified atom stereocenters. The third-order valence-corrected chi connectivity index (χ3v) is 5.18. The summed E-state index contributed by atoms with van der Waals surface area (Å²) >= 11 is 0. The van der Waals surface area contributed by atoms with Crippen LogP contribution in [0.4, 0.5) is 0 Å². The van der Waals surface area contributed by atoms with Gasteiger partial charge in [-0.05, 0) is 36.5 Å². The van der Waals surface area contributed by atoms with Gasteiger partial charge >= 0.3 is 5.97 Å². The molecule has 8 heteroatoms. The van der Waals surface area contributed by atoms with Crippen molar-refractivity contribution in [2.45, 2.75) is 39.5 Å². The second-order valence-electron chi connectivity index (χ2n) is 8.08. The Labute approximate surface area is 194 Å². The van der Waals surface area contributed by atoms with E-state index in [1.807, 2.05) is 0 Å². The van der Waals surface area contributed by atoms with Crippen molar-refractivity contribution in [3.8, 4) is 28.7 Å². The Bertz CT molecular complexity index is 981. The molecule has 0 saturated heterocycles. The normalized spacial score (nSPS) is 10.7. The molecule has 0 atom stereocenters. The number of carboxylic acids is 1. The highest BCUT2D eigenvalue weighted by atomic mass is 16.5. The highest BCUT2D eigenvalue weighted by Crippen LogP contribution is 2.41. The summed E-state index contributed by atoms with van der Waals surface area (Å²) in [6, 6.07) is 6.43. The van der Waals surface area contributed by atoms with Gasteiger partial charge < -0.3 is 29.2 Å². The molecule has 0 aliphatic heterocycles. The summed E-state index contributed by atoms with van der Waals surface area (Å²) in [6.45, 7) is 3.62. The molecule has 0 saturated carbocycles. The van der Waals surface area contributed by atoms with Crippen molar-refractivity contribution in [1.82, 2.24) is 0 Å². The molecule has 8 nitrogen and oxygen atoms in total. The summed E-state index contributed by atoms with van der Waals surface area (Å²) in [4.78, 5) is 24.2. The van der Waals surface area contributed by atoms with E-state index in [9.17, 15) is 19.8 Å². The first-order valence-corrected chi connectivity index (χ1v) is 10.7. The van der Waals surface area contributed by atoms with Crippen LogP contribution >= 0.6 is 0 Å². The third-order valence-electron chi connectivity index (χ3n) is 5.18. The maximum Gasteiger partial charge on any atom is 0.341 e. The summed E-state index contributed by atoms with van der Waals surface area (Å²) in [5.41, 5.74) is 1.87. The molecular formula is C25H32O8. The molecule has 0 fully saturated rings. The minimum absolute atomic E-state index is 0.00956. The van der Waals surface area contributed by atoms with Crippen LogP contribution in [0.5, 0.6) is 28.7 Å². The van der Waals surface area contributed by atoms with Crippen molar-refractivity contribution >= 4 is 11.8 Å². The van der Waals surface area contributed by atoms with Crippen LogP contribution in [-0.4, -0.2) is 49.9 Å². The number of ketones is 1. The maximum atomic E-state index is 13.0. The van der Waals surface area contributed by atoms with E-state index in [4.69, 9.17) is 18.9 Å². The lowest BCUT2D eigenvalue weighted by atomic mass is 9.94. The number of carbonyl (C=O) groups excluding carboxylic acids is 1. The number of hydrogen-bond acceptors (Lipinski definition) is 7. The molecule has 0 aromatic heterocycles. The van der Waals surface area contributed by atoms with E-state index in [0.29, 0.717) is 46.3 Å². The lowest BCUT2D eigenvalue weighted by Gasteiger charge is -2.21. The first-order valence-electron chi connectivity index (χ1n) is 10.7. The summed E-state index contributed by atoms with van der Waals surface area (Å²) in [6.07, 6.45) is 1.48. The quantitative estimate of drug-likeness (QED) is 0.464. The van der Waals surface area contributed by atoms with Crippen molar-refractivity contribution < 1.29 is 38.7 Å². The molecule has 0 bridgehead atoms. The van der Waals surface area contributed by atoms with E-state index in [2.05, 4.69) is 13.8 Å². The van der Waals surface area contributed by atoms with Gasteiger partial charge in [0.25, 0.3) is 0 Å². The van der Waals surface area contributed by atoms with Gasteiger partial charge in [-0.1, -0.05) is 19.9 Å². The number of aromatic hydroxyl groups is 1. The van der Waals surface area contributed by atoms with Gasteiger partial charge in [0.15, 0.2) is 18.1 Å². The van der Waals surface area contributed by atoms with Gasteiger partial charge in [0, 0.05) is 30.0 Å². The molecule has 33 heavy (non-hydrogen) atoms. The average Bonchev–Trinajstić information content (AvgIpc) is 2.77. The van der Waals surface area contributed by atoms with Crippen LogP contribution < -0.4 is 18.9 Å². The van der Waals surface area contributed by atoms with Gasteiger partial charge in [-0.25, -0.2) is 4.79 Å². The number of methoxy groups -OCH3 is 3. The van der Waals surface area contributed by atoms with E-state index in [1.165, 1.54) is 27.4 Å². The first-order chi connectivity index (χ1) is 15.7. The van der Waals surface area contributed by atoms with Gasteiger partial charge in [-0.15, -0.1) is 0 Å². The van der Waals surface area contributed by atoms with E-state index in [1.54, 1.807) is 18.2 Å². The second-order valence-corrected chi connectivity index (χ2v) is 8.08. The monoisotopic (exact) mass is 460 g/mol. The van der Waals surface area contributed by atoms with Crippen molar-refractivity contribution in [3.05, 3.63) is 41.0 Å². The molecule has 2 aromatic carbocycles. The minimum atomic E-state index is -1.12. The highest BCUT2D eigenvalue weighted by molar-refractivity contribution is 5.85. The van der Waals surface area contributed by atoms with Crippen LogP contribution in [0, 0.1) is 5.92 Å². The van der Waals surface area contributed by atoms with Crippen LogP contribution in [-0.2, 0) is 28.9 Å². The second kappa shape index (κ2) is 12.0. The SMILES string of the molecule is COc1cc(CC(=O)Cc2c(OC)cc(OC)c(CCC(C)C)c2OCC(=O)O)ccc1O. The lowest BCUT2D eigenvalue weighted by Crippen LogP contribution is -2.16. The van der Waals surface area contributed by atoms with Gasteiger partial charge in [0.05, 0.1) is 21.3 Å². The summed E-state index contributed by atoms with van der Waals surface area (Å²) in [7, 11) is 4.44.